The van der Waals surface area contributed by atoms with Crippen molar-refractivity contribution < 1.29 is 42.9 Å². The van der Waals surface area contributed by atoms with Crippen LogP contribution in [0.1, 0.15) is 43.0 Å². The third kappa shape index (κ3) is 6.38. The predicted molar refractivity (Wildman–Crippen MR) is 81.3 cm³/mol. The van der Waals surface area contributed by atoms with Crippen LogP contribution >= 0.6 is 0 Å². The molecule has 1 unspecified atom stereocenters. The molecule has 0 spiro atoms. The van der Waals surface area contributed by atoms with E-state index in [0.29, 0.717) is 6.29 Å². The third-order valence-corrected chi connectivity index (χ3v) is 3.01. The number of aliphatic hydroxyl groups is 1. The van der Waals surface area contributed by atoms with Gasteiger partial charge in [-0.25, -0.2) is 4.79 Å². The Labute approximate surface area is 143 Å². The fourth-order valence-corrected chi connectivity index (χ4v) is 1.90. The number of esters is 3. The van der Waals surface area contributed by atoms with E-state index in [2.05, 4.69) is 4.74 Å². The fraction of sp³-hybridized carbons (Fsp3) is 0.500. The van der Waals surface area contributed by atoms with E-state index in [-0.39, 0.29) is 31.3 Å². The van der Waals surface area contributed by atoms with Crippen molar-refractivity contribution in [2.24, 2.45) is 0 Å². The average molecular weight is 356 g/mol. The van der Waals surface area contributed by atoms with Crippen LogP contribution in [0.3, 0.4) is 0 Å². The van der Waals surface area contributed by atoms with Gasteiger partial charge in [-0.05, 0) is 26.0 Å². The zero-order chi connectivity index (χ0) is 18.9. The van der Waals surface area contributed by atoms with Gasteiger partial charge in [0.25, 0.3) is 0 Å². The molecule has 138 valence electrons. The van der Waals surface area contributed by atoms with Gasteiger partial charge in [-0.2, -0.15) is 0 Å². The van der Waals surface area contributed by atoms with E-state index >= 15 is 0 Å². The topological polar surface area (TPSA) is 129 Å². The Morgan fingerprint density at radius 1 is 1.08 bits per heavy atom. The maximum Gasteiger partial charge on any atom is 0.339 e. The Bertz CT molecular complexity index is 619. The largest absolute Gasteiger partial charge is 0.466 e. The lowest BCUT2D eigenvalue weighted by atomic mass is 9.95. The second-order valence-corrected chi connectivity index (χ2v) is 4.99. The molecule has 9 heteroatoms. The summed E-state index contributed by atoms with van der Waals surface area (Å²) in [5.74, 6) is -2.66. The highest BCUT2D eigenvalue weighted by atomic mass is 16.6. The number of hydrogen-bond donors (Lipinski definition) is 1. The van der Waals surface area contributed by atoms with Crippen LogP contribution in [-0.2, 0) is 35.2 Å². The van der Waals surface area contributed by atoms with Gasteiger partial charge in [0, 0.05) is 0 Å². The summed E-state index contributed by atoms with van der Waals surface area (Å²) in [6, 6.07) is 2.83. The summed E-state index contributed by atoms with van der Waals surface area (Å²) in [5.41, 5.74) is -2.39. The Kier molecular flexibility index (Phi) is 7.80. The highest BCUT2D eigenvalue weighted by Gasteiger charge is 2.43. The fourth-order valence-electron chi connectivity index (χ4n) is 1.90. The van der Waals surface area contributed by atoms with E-state index in [1.807, 2.05) is 0 Å². The highest BCUT2D eigenvalue weighted by molar-refractivity contribution is 5.90. The molecule has 9 nitrogen and oxygen atoms in total. The number of carbonyl (C=O) groups is 4. The number of carbonyl (C=O) groups excluding carboxylic acids is 4. The van der Waals surface area contributed by atoms with Gasteiger partial charge in [-0.1, -0.05) is 0 Å². The summed E-state index contributed by atoms with van der Waals surface area (Å²) >= 11 is 0. The molecule has 0 aliphatic rings. The number of ether oxygens (including phenoxy) is 3. The quantitative estimate of drug-likeness (QED) is 0.367. The number of aldehydes is 1. The Morgan fingerprint density at radius 3 is 2.20 bits per heavy atom. The monoisotopic (exact) mass is 356 g/mol. The SMILES string of the molecule is CCOC(=O)CC(O)(CC(=O)OCc1ccc(C=O)o1)C(=O)OCC. The molecule has 1 aromatic rings. The molecule has 0 aromatic carbocycles. The van der Waals surface area contributed by atoms with Gasteiger partial charge in [-0.3, -0.25) is 14.4 Å². The van der Waals surface area contributed by atoms with Crippen molar-refractivity contribution in [1.82, 2.24) is 0 Å². The number of furan rings is 1. The Morgan fingerprint density at radius 2 is 1.68 bits per heavy atom. The van der Waals surface area contributed by atoms with Crippen LogP contribution in [-0.4, -0.2) is 48.1 Å². The highest BCUT2D eigenvalue weighted by Crippen LogP contribution is 2.20. The van der Waals surface area contributed by atoms with E-state index in [1.54, 1.807) is 6.92 Å². The molecule has 0 amide bonds. The molecule has 0 saturated heterocycles. The molecule has 0 fully saturated rings. The zero-order valence-corrected chi connectivity index (χ0v) is 14.0. The maximum atomic E-state index is 11.9. The molecular formula is C16H20O9. The molecule has 0 aliphatic heterocycles. The van der Waals surface area contributed by atoms with E-state index in [0.717, 1.165) is 0 Å². The summed E-state index contributed by atoms with van der Waals surface area (Å²) in [6.45, 7) is 2.79. The number of rotatable bonds is 10. The van der Waals surface area contributed by atoms with Crippen LogP contribution in [0.5, 0.6) is 0 Å². The molecule has 1 rings (SSSR count). The lowest BCUT2D eigenvalue weighted by Gasteiger charge is -2.23. The average Bonchev–Trinajstić information content (AvgIpc) is 3.01. The van der Waals surface area contributed by atoms with Crippen molar-refractivity contribution in [3.63, 3.8) is 0 Å². The van der Waals surface area contributed by atoms with E-state index in [4.69, 9.17) is 13.9 Å². The van der Waals surface area contributed by atoms with Crippen molar-refractivity contribution in [2.45, 2.75) is 38.9 Å². The lowest BCUT2D eigenvalue weighted by molar-refractivity contribution is -0.177. The van der Waals surface area contributed by atoms with Gasteiger partial charge in [0.2, 0.25) is 0 Å². The molecule has 1 aromatic heterocycles. The standard InChI is InChI=1S/C16H20O9/c1-3-22-13(18)7-16(21,15(20)23-4-2)8-14(19)24-10-12-6-5-11(9-17)25-12/h5-6,9,21H,3-4,7-8,10H2,1-2H3. The smallest absolute Gasteiger partial charge is 0.339 e. The minimum Gasteiger partial charge on any atom is -0.466 e. The molecule has 25 heavy (non-hydrogen) atoms. The molecule has 1 heterocycles. The van der Waals surface area contributed by atoms with E-state index in [9.17, 15) is 24.3 Å². The van der Waals surface area contributed by atoms with Gasteiger partial charge in [-0.15, -0.1) is 0 Å². The van der Waals surface area contributed by atoms with Crippen LogP contribution in [0.15, 0.2) is 16.5 Å². The van der Waals surface area contributed by atoms with Crippen LogP contribution in [0.4, 0.5) is 0 Å². The molecule has 0 saturated carbocycles. The molecule has 0 aliphatic carbocycles. The van der Waals surface area contributed by atoms with Gasteiger partial charge in [0.05, 0.1) is 26.1 Å². The van der Waals surface area contributed by atoms with Crippen LogP contribution < -0.4 is 0 Å². The molecule has 0 radical (unpaired) electrons. The summed E-state index contributed by atoms with van der Waals surface area (Å²) in [6.07, 6.45) is -1.05. The third-order valence-electron chi connectivity index (χ3n) is 3.01. The lowest BCUT2D eigenvalue weighted by Crippen LogP contribution is -2.44. The van der Waals surface area contributed by atoms with E-state index < -0.39 is 36.4 Å². The van der Waals surface area contributed by atoms with Crippen molar-refractivity contribution in [2.75, 3.05) is 13.2 Å². The first kappa shape index (κ1) is 20.4. The van der Waals surface area contributed by atoms with Crippen LogP contribution in [0, 0.1) is 0 Å². The summed E-state index contributed by atoms with van der Waals surface area (Å²) < 4.78 is 19.3. The van der Waals surface area contributed by atoms with Crippen molar-refractivity contribution >= 4 is 24.2 Å². The minimum absolute atomic E-state index is 0.0418. The summed E-state index contributed by atoms with van der Waals surface area (Å²) in [5, 5.41) is 10.4. The number of hydrogen-bond acceptors (Lipinski definition) is 9. The van der Waals surface area contributed by atoms with Gasteiger partial charge < -0.3 is 23.7 Å². The first-order valence-electron chi connectivity index (χ1n) is 7.59. The van der Waals surface area contributed by atoms with Gasteiger partial charge in [0.1, 0.15) is 12.4 Å². The molecule has 1 N–H and O–H groups in total. The van der Waals surface area contributed by atoms with Gasteiger partial charge in [0.15, 0.2) is 17.6 Å². The Hall–Kier alpha value is -2.68. The van der Waals surface area contributed by atoms with Crippen molar-refractivity contribution in [3.05, 3.63) is 23.7 Å². The zero-order valence-electron chi connectivity index (χ0n) is 14.0. The molecule has 0 bridgehead atoms. The van der Waals surface area contributed by atoms with E-state index in [1.165, 1.54) is 19.1 Å². The second kappa shape index (κ2) is 9.58. The van der Waals surface area contributed by atoms with Crippen LogP contribution in [0.2, 0.25) is 0 Å². The maximum absolute atomic E-state index is 11.9. The minimum atomic E-state index is -2.39. The summed E-state index contributed by atoms with van der Waals surface area (Å²) in [4.78, 5) is 45.9. The summed E-state index contributed by atoms with van der Waals surface area (Å²) in [7, 11) is 0. The molecular weight excluding hydrogens is 336 g/mol. The Balaban J connectivity index is 2.71. The first-order chi connectivity index (χ1) is 11.8. The second-order valence-electron chi connectivity index (χ2n) is 4.99. The first-order valence-corrected chi connectivity index (χ1v) is 7.59. The normalized spacial score (nSPS) is 12.8. The molecule has 1 atom stereocenters. The van der Waals surface area contributed by atoms with Crippen molar-refractivity contribution in [1.29, 1.82) is 0 Å². The van der Waals surface area contributed by atoms with Gasteiger partial charge >= 0.3 is 17.9 Å². The van der Waals surface area contributed by atoms with Crippen LogP contribution in [0.25, 0.3) is 0 Å². The van der Waals surface area contributed by atoms with Crippen molar-refractivity contribution in [3.8, 4) is 0 Å². The predicted octanol–water partition coefficient (Wildman–Crippen LogP) is 0.773.